The Labute approximate surface area is 84.9 Å². The lowest BCUT2D eigenvalue weighted by molar-refractivity contribution is -0.115. The molecule has 0 heterocycles. The lowest BCUT2D eigenvalue weighted by atomic mass is 10.3. The Morgan fingerprint density at radius 2 is 1.93 bits per heavy atom. The molecule has 0 fully saturated rings. The number of amides is 1. The average Bonchev–Trinajstić information content (AvgIpc) is 2.12. The van der Waals surface area contributed by atoms with E-state index in [1.807, 2.05) is 0 Å². The number of para-hydroxylation sites is 1. The van der Waals surface area contributed by atoms with Crippen LogP contribution in [0.5, 0.6) is 0 Å². The van der Waals surface area contributed by atoms with Gasteiger partial charge in [-0.1, -0.05) is 6.07 Å². The van der Waals surface area contributed by atoms with Gasteiger partial charge in [-0.15, -0.1) is 11.6 Å². The van der Waals surface area contributed by atoms with E-state index in [0.29, 0.717) is 0 Å². The van der Waals surface area contributed by atoms with Crippen LogP contribution in [-0.4, -0.2) is 11.8 Å². The molecule has 14 heavy (non-hydrogen) atoms. The van der Waals surface area contributed by atoms with Crippen molar-refractivity contribution >= 4 is 23.2 Å². The Morgan fingerprint density at radius 1 is 1.36 bits per heavy atom. The Kier molecular flexibility index (Phi) is 3.83. The summed E-state index contributed by atoms with van der Waals surface area (Å²) in [7, 11) is 0. The number of benzene rings is 1. The maximum atomic E-state index is 13.0. The summed E-state index contributed by atoms with van der Waals surface area (Å²) in [5.41, 5.74) is -0.428. The molecule has 0 bridgehead atoms. The number of anilines is 1. The van der Waals surface area contributed by atoms with Crippen molar-refractivity contribution in [1.29, 1.82) is 0 Å². The van der Waals surface area contributed by atoms with Gasteiger partial charge < -0.3 is 5.32 Å². The van der Waals surface area contributed by atoms with Gasteiger partial charge in [-0.2, -0.15) is 0 Å². The summed E-state index contributed by atoms with van der Waals surface area (Å²) in [6.07, 6.45) is 0.0231. The van der Waals surface area contributed by atoms with Crippen molar-refractivity contribution in [3.63, 3.8) is 0 Å². The van der Waals surface area contributed by atoms with Crippen LogP contribution in [0.4, 0.5) is 14.5 Å². The summed E-state index contributed by atoms with van der Waals surface area (Å²) in [5.74, 6) is -1.99. The van der Waals surface area contributed by atoms with Crippen molar-refractivity contribution in [2.45, 2.75) is 6.42 Å². The van der Waals surface area contributed by atoms with Crippen molar-refractivity contribution < 1.29 is 13.6 Å². The number of rotatable bonds is 3. The summed E-state index contributed by atoms with van der Waals surface area (Å²) >= 11 is 5.29. The fraction of sp³-hybridized carbons (Fsp3) is 0.222. The van der Waals surface area contributed by atoms with Gasteiger partial charge in [0.25, 0.3) is 0 Å². The number of nitrogens with one attached hydrogen (secondary N) is 1. The minimum atomic E-state index is -0.798. The van der Waals surface area contributed by atoms with Crippen LogP contribution in [0, 0.1) is 11.6 Å². The first-order chi connectivity index (χ1) is 6.65. The molecule has 1 aromatic carbocycles. The van der Waals surface area contributed by atoms with Crippen molar-refractivity contribution in [2.24, 2.45) is 0 Å². The Bertz CT molecular complexity index is 323. The molecule has 5 heteroatoms. The van der Waals surface area contributed by atoms with Gasteiger partial charge in [0.05, 0.1) is 0 Å². The Hall–Kier alpha value is -1.16. The van der Waals surface area contributed by atoms with E-state index in [2.05, 4.69) is 5.32 Å². The monoisotopic (exact) mass is 219 g/mol. The van der Waals surface area contributed by atoms with Gasteiger partial charge in [0.2, 0.25) is 5.91 Å². The first-order valence-electron chi connectivity index (χ1n) is 3.95. The molecule has 0 saturated carbocycles. The Balaban J connectivity index is 2.80. The van der Waals surface area contributed by atoms with E-state index < -0.39 is 23.2 Å². The molecular weight excluding hydrogens is 212 g/mol. The molecular formula is C9H8ClF2NO. The maximum Gasteiger partial charge on any atom is 0.225 e. The molecule has 0 unspecified atom stereocenters. The van der Waals surface area contributed by atoms with Crippen LogP contribution in [-0.2, 0) is 4.79 Å². The molecule has 0 saturated heterocycles. The van der Waals surface area contributed by atoms with Gasteiger partial charge >= 0.3 is 0 Å². The van der Waals surface area contributed by atoms with E-state index in [0.717, 1.165) is 12.1 Å². The molecule has 0 aliphatic heterocycles. The summed E-state index contributed by atoms with van der Waals surface area (Å²) in [4.78, 5) is 11.0. The molecule has 1 rings (SSSR count). The van der Waals surface area contributed by atoms with Crippen LogP contribution in [0.25, 0.3) is 0 Å². The normalized spacial score (nSPS) is 9.93. The highest BCUT2D eigenvalue weighted by atomic mass is 35.5. The maximum absolute atomic E-state index is 13.0. The smallest absolute Gasteiger partial charge is 0.225 e. The highest BCUT2D eigenvalue weighted by Gasteiger charge is 2.10. The third-order valence-corrected chi connectivity index (χ3v) is 1.74. The lowest BCUT2D eigenvalue weighted by Crippen LogP contribution is -2.14. The van der Waals surface area contributed by atoms with Crippen LogP contribution in [0.1, 0.15) is 6.42 Å². The fourth-order valence-corrected chi connectivity index (χ4v) is 1.08. The molecule has 1 aromatic rings. The van der Waals surface area contributed by atoms with Crippen LogP contribution in [0.2, 0.25) is 0 Å². The number of hydrogen-bond donors (Lipinski definition) is 1. The molecule has 76 valence electrons. The molecule has 1 amide bonds. The van der Waals surface area contributed by atoms with E-state index in [1.165, 1.54) is 6.07 Å². The van der Waals surface area contributed by atoms with Crippen molar-refractivity contribution in [3.8, 4) is 0 Å². The fourth-order valence-electron chi connectivity index (χ4n) is 0.905. The highest BCUT2D eigenvalue weighted by molar-refractivity contribution is 6.19. The number of halogens is 3. The average molecular weight is 220 g/mol. The van der Waals surface area contributed by atoms with Crippen molar-refractivity contribution in [3.05, 3.63) is 29.8 Å². The van der Waals surface area contributed by atoms with Gasteiger partial charge in [-0.25, -0.2) is 8.78 Å². The van der Waals surface area contributed by atoms with E-state index in [9.17, 15) is 13.6 Å². The van der Waals surface area contributed by atoms with Gasteiger partial charge in [-0.05, 0) is 12.1 Å². The van der Waals surface area contributed by atoms with E-state index in [1.54, 1.807) is 0 Å². The van der Waals surface area contributed by atoms with Crippen molar-refractivity contribution in [2.75, 3.05) is 11.2 Å². The quantitative estimate of drug-likeness (QED) is 0.778. The molecule has 1 N–H and O–H groups in total. The van der Waals surface area contributed by atoms with Gasteiger partial charge in [-0.3, -0.25) is 4.79 Å². The minimum absolute atomic E-state index is 0.0231. The number of carbonyl (C=O) groups is 1. The second-order valence-electron chi connectivity index (χ2n) is 2.58. The topological polar surface area (TPSA) is 29.1 Å². The second kappa shape index (κ2) is 4.91. The number of hydrogen-bond acceptors (Lipinski definition) is 1. The van der Waals surface area contributed by atoms with Crippen LogP contribution in [0.3, 0.4) is 0 Å². The summed E-state index contributed by atoms with van der Waals surface area (Å²) in [6.45, 7) is 0. The predicted molar refractivity (Wildman–Crippen MR) is 50.3 cm³/mol. The van der Waals surface area contributed by atoms with Gasteiger partial charge in [0.1, 0.15) is 17.3 Å². The lowest BCUT2D eigenvalue weighted by Gasteiger charge is -2.05. The number of carbonyl (C=O) groups excluding carboxylic acids is 1. The molecule has 0 aliphatic rings. The molecule has 0 atom stereocenters. The predicted octanol–water partition coefficient (Wildman–Crippen LogP) is 2.53. The van der Waals surface area contributed by atoms with Gasteiger partial charge in [0.15, 0.2) is 0 Å². The zero-order valence-electron chi connectivity index (χ0n) is 7.19. The minimum Gasteiger partial charge on any atom is -0.321 e. The second-order valence-corrected chi connectivity index (χ2v) is 2.96. The third kappa shape index (κ3) is 2.67. The van der Waals surface area contributed by atoms with Crippen LogP contribution in [0.15, 0.2) is 18.2 Å². The van der Waals surface area contributed by atoms with E-state index in [4.69, 9.17) is 11.6 Å². The number of alkyl halides is 1. The summed E-state index contributed by atoms with van der Waals surface area (Å²) in [5, 5.41) is 2.11. The summed E-state index contributed by atoms with van der Waals surface area (Å²) in [6, 6.07) is 3.36. The SMILES string of the molecule is O=C(CCCl)Nc1c(F)cccc1F. The molecule has 0 aromatic heterocycles. The van der Waals surface area contributed by atoms with Crippen molar-refractivity contribution in [1.82, 2.24) is 0 Å². The first-order valence-corrected chi connectivity index (χ1v) is 4.48. The van der Waals surface area contributed by atoms with Crippen LogP contribution < -0.4 is 5.32 Å². The van der Waals surface area contributed by atoms with E-state index >= 15 is 0 Å². The first kappa shape index (κ1) is 10.9. The molecule has 2 nitrogen and oxygen atoms in total. The Morgan fingerprint density at radius 3 is 2.43 bits per heavy atom. The van der Waals surface area contributed by atoms with Gasteiger partial charge in [0, 0.05) is 12.3 Å². The van der Waals surface area contributed by atoms with Crippen LogP contribution >= 0.6 is 11.6 Å². The molecule has 0 spiro atoms. The summed E-state index contributed by atoms with van der Waals surface area (Å²) < 4.78 is 25.9. The zero-order valence-corrected chi connectivity index (χ0v) is 7.94. The third-order valence-electron chi connectivity index (χ3n) is 1.55. The molecule has 0 radical (unpaired) electrons. The highest BCUT2D eigenvalue weighted by Crippen LogP contribution is 2.17. The standard InChI is InChI=1S/C9H8ClF2NO/c10-5-4-8(14)13-9-6(11)2-1-3-7(9)12/h1-3H,4-5H2,(H,13,14). The molecule has 0 aliphatic carbocycles. The largest absolute Gasteiger partial charge is 0.321 e. The van der Waals surface area contributed by atoms with E-state index in [-0.39, 0.29) is 12.3 Å². The zero-order chi connectivity index (χ0) is 10.6.